The third-order valence-corrected chi connectivity index (χ3v) is 6.35. The lowest BCUT2D eigenvalue weighted by Gasteiger charge is -2.10. The lowest BCUT2D eigenvalue weighted by molar-refractivity contribution is 0.0638. The van der Waals surface area contributed by atoms with Crippen LogP contribution in [0.5, 0.6) is 0 Å². The number of hydrogen-bond donors (Lipinski definition) is 0. The number of aromatic nitrogens is 5. The minimum atomic E-state index is -0.321. The summed E-state index contributed by atoms with van der Waals surface area (Å²) in [6, 6.07) is 17.1. The lowest BCUT2D eigenvalue weighted by Crippen LogP contribution is -2.29. The van der Waals surface area contributed by atoms with Crippen molar-refractivity contribution in [3.8, 4) is 0 Å². The highest BCUT2D eigenvalue weighted by Crippen LogP contribution is 2.28. The molecule has 8 nitrogen and oxygen atoms in total. The molecular weight excluding hydrogens is 416 g/mol. The first-order chi connectivity index (χ1) is 16.0. The van der Waals surface area contributed by atoms with E-state index in [9.17, 15) is 9.59 Å². The minimum Gasteiger partial charge on any atom is -0.325 e. The third-order valence-electron chi connectivity index (χ3n) is 6.35. The van der Waals surface area contributed by atoms with E-state index in [-0.39, 0.29) is 18.4 Å². The number of carbonyl (C=O) groups is 2. The zero-order valence-corrected chi connectivity index (χ0v) is 18.2. The Labute approximate surface area is 189 Å². The number of nitrogens with zero attached hydrogens (tertiary/aromatic N) is 6. The van der Waals surface area contributed by atoms with E-state index in [2.05, 4.69) is 40.6 Å². The predicted molar refractivity (Wildman–Crippen MR) is 122 cm³/mol. The highest BCUT2D eigenvalue weighted by atomic mass is 16.2. The van der Waals surface area contributed by atoms with E-state index in [1.165, 1.54) is 10.5 Å². The summed E-state index contributed by atoms with van der Waals surface area (Å²) < 4.78 is 3.80. The number of aryl methyl sites for hydroxylation is 1. The molecule has 0 bridgehead atoms. The number of rotatable bonds is 4. The van der Waals surface area contributed by atoms with Crippen LogP contribution in [0.3, 0.4) is 0 Å². The van der Waals surface area contributed by atoms with Crippen LogP contribution in [0.1, 0.15) is 43.4 Å². The van der Waals surface area contributed by atoms with Gasteiger partial charge < -0.3 is 4.57 Å². The third kappa shape index (κ3) is 2.87. The zero-order valence-electron chi connectivity index (χ0n) is 18.2. The molecule has 5 aromatic rings. The van der Waals surface area contributed by atoms with Gasteiger partial charge in [0.25, 0.3) is 11.8 Å². The van der Waals surface area contributed by atoms with Crippen molar-refractivity contribution in [2.75, 3.05) is 0 Å². The Morgan fingerprint density at radius 2 is 1.48 bits per heavy atom. The van der Waals surface area contributed by atoms with Crippen molar-refractivity contribution in [3.63, 3.8) is 0 Å². The Kier molecular flexibility index (Phi) is 4.16. The second-order valence-corrected chi connectivity index (χ2v) is 8.26. The van der Waals surface area contributed by atoms with Gasteiger partial charge in [-0.05, 0) is 37.1 Å². The van der Waals surface area contributed by atoms with Crippen LogP contribution in [0.2, 0.25) is 0 Å². The highest BCUT2D eigenvalue weighted by molar-refractivity contribution is 6.21. The largest absolute Gasteiger partial charge is 0.325 e. The molecule has 0 aliphatic carbocycles. The average Bonchev–Trinajstić information content (AvgIpc) is 3.43. The van der Waals surface area contributed by atoms with Crippen LogP contribution in [0.15, 0.2) is 60.9 Å². The van der Waals surface area contributed by atoms with E-state index in [1.54, 1.807) is 35.1 Å². The standard InChI is InChI=1S/C25H20N6O2/c1-15-16(2)29(12-17-8-4-3-5-9-17)22-21(15)23-27-20(28-31(23)14-26-22)13-30-24(32)18-10-6-7-11-19(18)25(30)33/h3-11,14H,12-13H2,1-2H3. The summed E-state index contributed by atoms with van der Waals surface area (Å²) in [5, 5.41) is 5.43. The monoisotopic (exact) mass is 436 g/mol. The molecule has 0 spiro atoms. The van der Waals surface area contributed by atoms with Gasteiger partial charge in [0, 0.05) is 12.2 Å². The number of imide groups is 1. The van der Waals surface area contributed by atoms with Crippen molar-refractivity contribution in [1.82, 2.24) is 29.0 Å². The number of benzene rings is 2. The molecule has 0 saturated carbocycles. The van der Waals surface area contributed by atoms with Crippen LogP contribution in [0.4, 0.5) is 0 Å². The number of hydrogen-bond acceptors (Lipinski definition) is 5. The topological polar surface area (TPSA) is 85.4 Å². The van der Waals surface area contributed by atoms with Gasteiger partial charge in [-0.15, -0.1) is 5.10 Å². The molecule has 4 heterocycles. The molecule has 0 atom stereocenters. The quantitative estimate of drug-likeness (QED) is 0.402. The Bertz CT molecular complexity index is 1550. The molecule has 3 aromatic heterocycles. The molecule has 162 valence electrons. The molecule has 2 amide bonds. The maximum absolute atomic E-state index is 12.7. The summed E-state index contributed by atoms with van der Waals surface area (Å²) in [6.45, 7) is 4.85. The molecule has 0 radical (unpaired) electrons. The summed E-state index contributed by atoms with van der Waals surface area (Å²) >= 11 is 0. The van der Waals surface area contributed by atoms with Crippen molar-refractivity contribution in [2.24, 2.45) is 0 Å². The van der Waals surface area contributed by atoms with Gasteiger partial charge in [0.05, 0.1) is 23.1 Å². The van der Waals surface area contributed by atoms with E-state index in [1.807, 2.05) is 18.2 Å². The van der Waals surface area contributed by atoms with Gasteiger partial charge in [0.15, 0.2) is 11.5 Å². The molecule has 0 fully saturated rings. The summed E-state index contributed by atoms with van der Waals surface area (Å²) in [5.74, 6) is -0.246. The average molecular weight is 436 g/mol. The highest BCUT2D eigenvalue weighted by Gasteiger charge is 2.36. The molecule has 0 N–H and O–H groups in total. The Morgan fingerprint density at radius 3 is 2.18 bits per heavy atom. The van der Waals surface area contributed by atoms with Crippen molar-refractivity contribution < 1.29 is 9.59 Å². The lowest BCUT2D eigenvalue weighted by atomic mass is 10.1. The molecule has 0 unspecified atom stereocenters. The van der Waals surface area contributed by atoms with Crippen LogP contribution in [-0.2, 0) is 13.1 Å². The first kappa shape index (κ1) is 19.4. The van der Waals surface area contributed by atoms with Crippen LogP contribution in [0.25, 0.3) is 16.7 Å². The van der Waals surface area contributed by atoms with Gasteiger partial charge in [-0.1, -0.05) is 42.5 Å². The fraction of sp³-hybridized carbons (Fsp3) is 0.160. The van der Waals surface area contributed by atoms with E-state index in [4.69, 9.17) is 4.98 Å². The van der Waals surface area contributed by atoms with Crippen LogP contribution < -0.4 is 0 Å². The number of carbonyl (C=O) groups excluding carboxylic acids is 2. The van der Waals surface area contributed by atoms with Crippen molar-refractivity contribution in [3.05, 3.63) is 94.7 Å². The van der Waals surface area contributed by atoms with Crippen molar-refractivity contribution >= 4 is 28.5 Å². The molecule has 6 rings (SSSR count). The van der Waals surface area contributed by atoms with E-state index in [0.29, 0.717) is 29.1 Å². The fourth-order valence-corrected chi connectivity index (χ4v) is 4.53. The van der Waals surface area contributed by atoms with Gasteiger partial charge in [0.1, 0.15) is 12.0 Å². The van der Waals surface area contributed by atoms with E-state index < -0.39 is 0 Å². The second-order valence-electron chi connectivity index (χ2n) is 8.26. The molecule has 2 aromatic carbocycles. The maximum Gasteiger partial charge on any atom is 0.261 e. The first-order valence-electron chi connectivity index (χ1n) is 10.7. The predicted octanol–water partition coefficient (Wildman–Crippen LogP) is 3.54. The van der Waals surface area contributed by atoms with Crippen molar-refractivity contribution in [1.29, 1.82) is 0 Å². The smallest absolute Gasteiger partial charge is 0.261 e. The summed E-state index contributed by atoms with van der Waals surface area (Å²) in [6.07, 6.45) is 1.64. The summed E-state index contributed by atoms with van der Waals surface area (Å²) in [4.78, 5) is 36.1. The van der Waals surface area contributed by atoms with Crippen LogP contribution >= 0.6 is 0 Å². The van der Waals surface area contributed by atoms with Gasteiger partial charge in [-0.3, -0.25) is 14.5 Å². The minimum absolute atomic E-state index is 0.0122. The molecular formula is C25H20N6O2. The normalized spacial score (nSPS) is 13.5. The Hall–Kier alpha value is -4.33. The fourth-order valence-electron chi connectivity index (χ4n) is 4.53. The first-order valence-corrected chi connectivity index (χ1v) is 10.7. The van der Waals surface area contributed by atoms with Crippen LogP contribution in [0, 0.1) is 13.8 Å². The van der Waals surface area contributed by atoms with Gasteiger partial charge >= 0.3 is 0 Å². The van der Waals surface area contributed by atoms with Crippen LogP contribution in [-0.4, -0.2) is 40.9 Å². The van der Waals surface area contributed by atoms with Gasteiger partial charge in [-0.25, -0.2) is 14.5 Å². The molecule has 33 heavy (non-hydrogen) atoms. The van der Waals surface area contributed by atoms with E-state index in [0.717, 1.165) is 22.3 Å². The Balaban J connectivity index is 1.41. The zero-order chi connectivity index (χ0) is 22.7. The Morgan fingerprint density at radius 1 is 0.818 bits per heavy atom. The van der Waals surface area contributed by atoms with E-state index >= 15 is 0 Å². The molecule has 8 heteroatoms. The SMILES string of the molecule is Cc1c(C)n(Cc2ccccc2)c2ncn3nc(CN4C(=O)c5ccccc5C4=O)nc3c12. The summed E-state index contributed by atoms with van der Waals surface area (Å²) in [5.41, 5.74) is 5.71. The van der Waals surface area contributed by atoms with Gasteiger partial charge in [-0.2, -0.15) is 0 Å². The maximum atomic E-state index is 12.7. The number of fused-ring (bicyclic) bond motifs is 4. The second kappa shape index (κ2) is 7.09. The summed E-state index contributed by atoms with van der Waals surface area (Å²) in [7, 11) is 0. The van der Waals surface area contributed by atoms with Gasteiger partial charge in [0.2, 0.25) is 0 Å². The van der Waals surface area contributed by atoms with Crippen molar-refractivity contribution in [2.45, 2.75) is 26.9 Å². The molecule has 1 aliphatic rings. The number of amides is 2. The molecule has 0 saturated heterocycles. The molecule has 1 aliphatic heterocycles.